The second-order valence-corrected chi connectivity index (χ2v) is 6.14. The number of hydrogen-bond acceptors (Lipinski definition) is 2. The van der Waals surface area contributed by atoms with Crippen LogP contribution in [0.3, 0.4) is 0 Å². The molecule has 0 saturated heterocycles. The fraction of sp³-hybridized carbons (Fsp3) is 0.0500. The highest BCUT2D eigenvalue weighted by Crippen LogP contribution is 2.23. The molecule has 0 spiro atoms. The van der Waals surface area contributed by atoms with Crippen molar-refractivity contribution in [2.75, 3.05) is 0 Å². The Balaban J connectivity index is 1.80. The minimum atomic E-state index is 0.0151. The molecule has 0 unspecified atom stereocenters. The summed E-state index contributed by atoms with van der Waals surface area (Å²) < 4.78 is 6.71. The largest absolute Gasteiger partial charge is 0.457 e. The zero-order valence-corrected chi connectivity index (χ0v) is 14.2. The van der Waals surface area contributed by atoms with Crippen LogP contribution in [-0.4, -0.2) is 5.78 Å². The van der Waals surface area contributed by atoms with Gasteiger partial charge >= 0.3 is 0 Å². The van der Waals surface area contributed by atoms with Gasteiger partial charge in [-0.15, -0.1) is 0 Å². The summed E-state index contributed by atoms with van der Waals surface area (Å²) in [4.78, 5) is 12.6. The maximum atomic E-state index is 12.6. The first-order valence-electron chi connectivity index (χ1n) is 7.27. The van der Waals surface area contributed by atoms with Crippen molar-refractivity contribution in [1.82, 2.24) is 0 Å². The summed E-state index contributed by atoms with van der Waals surface area (Å²) in [6.07, 6.45) is 0. The number of carbonyl (C=O) groups excluding carboxylic acids is 1. The number of ketones is 1. The molecule has 0 aliphatic carbocycles. The Bertz CT molecular complexity index is 824. The van der Waals surface area contributed by atoms with E-state index >= 15 is 0 Å². The molecule has 0 heterocycles. The number of aryl methyl sites for hydroxylation is 1. The average Bonchev–Trinajstić information content (AvgIpc) is 2.56. The van der Waals surface area contributed by atoms with E-state index < -0.39 is 0 Å². The summed E-state index contributed by atoms with van der Waals surface area (Å²) in [5.74, 6) is 1.50. The Morgan fingerprint density at radius 2 is 1.52 bits per heavy atom. The maximum Gasteiger partial charge on any atom is 0.193 e. The van der Waals surface area contributed by atoms with Crippen molar-refractivity contribution in [2.45, 2.75) is 6.92 Å². The van der Waals surface area contributed by atoms with Crippen LogP contribution in [0.25, 0.3) is 0 Å². The second kappa shape index (κ2) is 6.80. The molecule has 0 N–H and O–H groups in total. The lowest BCUT2D eigenvalue weighted by molar-refractivity contribution is 0.103. The lowest BCUT2D eigenvalue weighted by atomic mass is 9.99. The molecule has 0 saturated carbocycles. The number of hydrogen-bond donors (Lipinski definition) is 0. The molecule has 23 heavy (non-hydrogen) atoms. The Labute approximate surface area is 143 Å². The Kier molecular flexibility index (Phi) is 4.58. The first-order chi connectivity index (χ1) is 11.1. The van der Waals surface area contributed by atoms with Crippen LogP contribution in [0.15, 0.2) is 77.3 Å². The third kappa shape index (κ3) is 3.69. The van der Waals surface area contributed by atoms with E-state index in [1.54, 1.807) is 12.1 Å². The number of para-hydroxylation sites is 1. The van der Waals surface area contributed by atoms with Crippen LogP contribution in [0.5, 0.6) is 11.5 Å². The minimum absolute atomic E-state index is 0.0151. The number of benzene rings is 3. The zero-order chi connectivity index (χ0) is 16.2. The van der Waals surface area contributed by atoms with E-state index in [1.807, 2.05) is 67.6 Å². The van der Waals surface area contributed by atoms with Crippen LogP contribution in [0.2, 0.25) is 0 Å². The molecule has 0 bridgehead atoms. The number of ether oxygens (including phenoxy) is 1. The third-order valence-electron chi connectivity index (χ3n) is 3.53. The monoisotopic (exact) mass is 366 g/mol. The lowest BCUT2D eigenvalue weighted by Crippen LogP contribution is -2.03. The summed E-state index contributed by atoms with van der Waals surface area (Å²) in [6, 6.07) is 22.5. The highest BCUT2D eigenvalue weighted by Gasteiger charge is 2.12. The topological polar surface area (TPSA) is 26.3 Å². The smallest absolute Gasteiger partial charge is 0.193 e. The Hall–Kier alpha value is -2.39. The van der Waals surface area contributed by atoms with Gasteiger partial charge in [-0.25, -0.2) is 0 Å². The first kappa shape index (κ1) is 15.5. The predicted octanol–water partition coefficient (Wildman–Crippen LogP) is 5.78. The molecule has 0 aliphatic rings. The molecule has 0 aromatic heterocycles. The molecule has 114 valence electrons. The SMILES string of the molecule is Cc1cc(Br)ccc1C(=O)c1ccc(Oc2ccccc2)cc1. The highest BCUT2D eigenvalue weighted by atomic mass is 79.9. The van der Waals surface area contributed by atoms with Crippen molar-refractivity contribution < 1.29 is 9.53 Å². The second-order valence-electron chi connectivity index (χ2n) is 5.23. The molecular weight excluding hydrogens is 352 g/mol. The van der Waals surface area contributed by atoms with Gasteiger partial charge in [-0.3, -0.25) is 4.79 Å². The molecule has 0 fully saturated rings. The van der Waals surface area contributed by atoms with Gasteiger partial charge in [0.25, 0.3) is 0 Å². The third-order valence-corrected chi connectivity index (χ3v) is 4.02. The lowest BCUT2D eigenvalue weighted by Gasteiger charge is -2.08. The van der Waals surface area contributed by atoms with Gasteiger partial charge in [0.15, 0.2) is 5.78 Å². The van der Waals surface area contributed by atoms with Crippen molar-refractivity contribution >= 4 is 21.7 Å². The van der Waals surface area contributed by atoms with Gasteiger partial charge < -0.3 is 4.74 Å². The molecule has 3 aromatic carbocycles. The number of carbonyl (C=O) groups is 1. The first-order valence-corrected chi connectivity index (χ1v) is 8.06. The van der Waals surface area contributed by atoms with E-state index in [-0.39, 0.29) is 5.78 Å². The van der Waals surface area contributed by atoms with Gasteiger partial charge in [-0.05, 0) is 67.1 Å². The van der Waals surface area contributed by atoms with Crippen LogP contribution >= 0.6 is 15.9 Å². The zero-order valence-electron chi connectivity index (χ0n) is 12.6. The summed E-state index contributed by atoms with van der Waals surface area (Å²) in [7, 11) is 0. The normalized spacial score (nSPS) is 10.3. The van der Waals surface area contributed by atoms with E-state index in [1.165, 1.54) is 0 Å². The van der Waals surface area contributed by atoms with E-state index in [0.29, 0.717) is 16.9 Å². The van der Waals surface area contributed by atoms with Gasteiger partial charge in [0.2, 0.25) is 0 Å². The van der Waals surface area contributed by atoms with E-state index in [9.17, 15) is 4.79 Å². The number of halogens is 1. The molecule has 0 radical (unpaired) electrons. The highest BCUT2D eigenvalue weighted by molar-refractivity contribution is 9.10. The van der Waals surface area contributed by atoms with Crippen LogP contribution in [0, 0.1) is 6.92 Å². The summed E-state index contributed by atoms with van der Waals surface area (Å²) in [6.45, 7) is 1.94. The minimum Gasteiger partial charge on any atom is -0.457 e. The van der Waals surface area contributed by atoms with Crippen LogP contribution in [0.4, 0.5) is 0 Å². The fourth-order valence-electron chi connectivity index (χ4n) is 2.34. The van der Waals surface area contributed by atoms with Gasteiger partial charge in [-0.1, -0.05) is 34.1 Å². The maximum absolute atomic E-state index is 12.6. The van der Waals surface area contributed by atoms with Gasteiger partial charge in [0.05, 0.1) is 0 Å². The summed E-state index contributed by atoms with van der Waals surface area (Å²) >= 11 is 3.41. The van der Waals surface area contributed by atoms with Crippen LogP contribution in [0.1, 0.15) is 21.5 Å². The Morgan fingerprint density at radius 1 is 0.870 bits per heavy atom. The van der Waals surface area contributed by atoms with Crippen molar-refractivity contribution in [3.05, 3.63) is 94.0 Å². The standard InChI is InChI=1S/C20H15BrO2/c1-14-13-16(21)9-12-19(14)20(22)15-7-10-18(11-8-15)23-17-5-3-2-4-6-17/h2-13H,1H3. The van der Waals surface area contributed by atoms with E-state index in [2.05, 4.69) is 15.9 Å². The van der Waals surface area contributed by atoms with Gasteiger partial charge in [0.1, 0.15) is 11.5 Å². The van der Waals surface area contributed by atoms with Gasteiger partial charge in [-0.2, -0.15) is 0 Å². The molecule has 3 heteroatoms. The Morgan fingerprint density at radius 3 is 2.17 bits per heavy atom. The predicted molar refractivity (Wildman–Crippen MR) is 95.3 cm³/mol. The van der Waals surface area contributed by atoms with Crippen LogP contribution < -0.4 is 4.74 Å². The summed E-state index contributed by atoms with van der Waals surface area (Å²) in [5.41, 5.74) is 2.31. The molecule has 0 atom stereocenters. The average molecular weight is 367 g/mol. The number of rotatable bonds is 4. The molecular formula is C20H15BrO2. The van der Waals surface area contributed by atoms with Crippen molar-refractivity contribution in [3.63, 3.8) is 0 Å². The van der Waals surface area contributed by atoms with Crippen LogP contribution in [-0.2, 0) is 0 Å². The molecule has 3 rings (SSSR count). The molecule has 0 amide bonds. The van der Waals surface area contributed by atoms with Crippen molar-refractivity contribution in [2.24, 2.45) is 0 Å². The van der Waals surface area contributed by atoms with Crippen molar-refractivity contribution in [3.8, 4) is 11.5 Å². The molecule has 3 aromatic rings. The molecule has 0 aliphatic heterocycles. The molecule has 2 nitrogen and oxygen atoms in total. The van der Waals surface area contributed by atoms with Gasteiger partial charge in [0, 0.05) is 15.6 Å². The van der Waals surface area contributed by atoms with E-state index in [4.69, 9.17) is 4.74 Å². The summed E-state index contributed by atoms with van der Waals surface area (Å²) in [5, 5.41) is 0. The van der Waals surface area contributed by atoms with Crippen molar-refractivity contribution in [1.29, 1.82) is 0 Å². The quantitative estimate of drug-likeness (QED) is 0.547. The fourth-order valence-corrected chi connectivity index (χ4v) is 2.81. The van der Waals surface area contributed by atoms with E-state index in [0.717, 1.165) is 15.8 Å².